The summed E-state index contributed by atoms with van der Waals surface area (Å²) in [5.41, 5.74) is -1.11. The summed E-state index contributed by atoms with van der Waals surface area (Å²) in [6, 6.07) is 8.10. The summed E-state index contributed by atoms with van der Waals surface area (Å²) in [7, 11) is 0. The largest absolute Gasteiger partial charge is 0.464 e. The fraction of sp³-hybridized carbons (Fsp3) is 0.520. The van der Waals surface area contributed by atoms with Crippen LogP contribution in [0.4, 0.5) is 4.79 Å². The zero-order chi connectivity index (χ0) is 26.1. The highest BCUT2D eigenvalue weighted by Crippen LogP contribution is 2.46. The van der Waals surface area contributed by atoms with Gasteiger partial charge in [0.2, 0.25) is 11.7 Å². The summed E-state index contributed by atoms with van der Waals surface area (Å²) in [5.74, 6) is -0.769. The van der Waals surface area contributed by atoms with Crippen molar-refractivity contribution in [2.24, 2.45) is 5.92 Å². The number of carbonyl (C=O) groups excluding carboxylic acids is 3. The number of amides is 2. The van der Waals surface area contributed by atoms with Crippen LogP contribution < -0.4 is 5.32 Å². The van der Waals surface area contributed by atoms with Gasteiger partial charge < -0.3 is 14.8 Å². The van der Waals surface area contributed by atoms with E-state index < -0.39 is 41.2 Å². The number of nitrogens with zero attached hydrogens (tertiary/aromatic N) is 5. The van der Waals surface area contributed by atoms with Gasteiger partial charge in [0.25, 0.3) is 0 Å². The fourth-order valence-electron chi connectivity index (χ4n) is 4.40. The van der Waals surface area contributed by atoms with Crippen LogP contribution >= 0.6 is 0 Å². The van der Waals surface area contributed by atoms with E-state index in [1.54, 1.807) is 33.8 Å². The molecule has 11 heteroatoms. The van der Waals surface area contributed by atoms with Crippen LogP contribution in [0.3, 0.4) is 0 Å². The minimum atomic E-state index is -1.17. The number of carbonyl (C=O) groups is 3. The highest BCUT2D eigenvalue weighted by atomic mass is 16.6. The summed E-state index contributed by atoms with van der Waals surface area (Å²) >= 11 is 0. The smallest absolute Gasteiger partial charge is 0.411 e. The maximum absolute atomic E-state index is 13.5. The van der Waals surface area contributed by atoms with Gasteiger partial charge in [0.15, 0.2) is 0 Å². The van der Waals surface area contributed by atoms with Crippen molar-refractivity contribution in [3.05, 3.63) is 43.0 Å². The first-order chi connectivity index (χ1) is 17.1. The molecule has 2 fully saturated rings. The molecule has 1 aromatic carbocycles. The van der Waals surface area contributed by atoms with Crippen LogP contribution in [0.25, 0.3) is 11.4 Å². The van der Waals surface area contributed by atoms with Gasteiger partial charge in [-0.25, -0.2) is 9.59 Å². The lowest BCUT2D eigenvalue weighted by Gasteiger charge is -2.29. The van der Waals surface area contributed by atoms with E-state index >= 15 is 0 Å². The summed E-state index contributed by atoms with van der Waals surface area (Å²) in [4.78, 5) is 42.0. The Morgan fingerprint density at radius 2 is 1.97 bits per heavy atom. The molecule has 1 aromatic heterocycles. The van der Waals surface area contributed by atoms with Gasteiger partial charge in [0.1, 0.15) is 17.2 Å². The van der Waals surface area contributed by atoms with Crippen molar-refractivity contribution in [2.45, 2.75) is 63.8 Å². The Morgan fingerprint density at radius 3 is 2.58 bits per heavy atom. The SMILES string of the molecule is C=C[C@@H]1CC1(NC(=O)[C@@H]1C[C@@H](n2nnc(-c3ccccc3)n2)CN1C(=O)OC(C)(C)C)C(=O)OCC. The van der Waals surface area contributed by atoms with E-state index in [9.17, 15) is 14.4 Å². The zero-order valence-corrected chi connectivity index (χ0v) is 21.0. The highest BCUT2D eigenvalue weighted by molar-refractivity contribution is 5.95. The number of hydrogen-bond acceptors (Lipinski definition) is 8. The molecule has 2 aromatic rings. The minimum Gasteiger partial charge on any atom is -0.464 e. The van der Waals surface area contributed by atoms with E-state index in [0.717, 1.165) is 5.56 Å². The maximum atomic E-state index is 13.5. The number of hydrogen-bond donors (Lipinski definition) is 1. The average Bonchev–Trinajstić information content (AvgIpc) is 3.16. The number of tetrazole rings is 1. The molecular formula is C25H32N6O5. The molecule has 1 saturated carbocycles. The van der Waals surface area contributed by atoms with Crippen LogP contribution in [0.15, 0.2) is 43.0 Å². The quantitative estimate of drug-likeness (QED) is 0.457. The molecule has 2 aliphatic rings. The van der Waals surface area contributed by atoms with Crippen molar-refractivity contribution < 1.29 is 23.9 Å². The van der Waals surface area contributed by atoms with Crippen molar-refractivity contribution in [3.63, 3.8) is 0 Å². The standard InChI is InChI=1S/C25H32N6O5/c1-6-17-14-25(17,22(33)35-7-2)26-21(32)19-13-18(15-30(19)23(34)36-24(3,4)5)31-28-20(27-29-31)16-11-9-8-10-12-16/h6,8-12,17-19H,1,7,13-15H2,2-5H3,(H,26,32)/t17-,18-,19+,25?/m1/s1. The van der Waals surface area contributed by atoms with Crippen molar-refractivity contribution in [1.82, 2.24) is 30.4 Å². The molecule has 11 nitrogen and oxygen atoms in total. The predicted molar refractivity (Wildman–Crippen MR) is 129 cm³/mol. The van der Waals surface area contributed by atoms with E-state index in [4.69, 9.17) is 9.47 Å². The Balaban J connectivity index is 1.57. The Labute approximate surface area is 209 Å². The van der Waals surface area contributed by atoms with Crippen LogP contribution in [0, 0.1) is 5.92 Å². The zero-order valence-electron chi connectivity index (χ0n) is 21.0. The van der Waals surface area contributed by atoms with Gasteiger partial charge in [-0.15, -0.1) is 16.8 Å². The third-order valence-electron chi connectivity index (χ3n) is 6.28. The maximum Gasteiger partial charge on any atom is 0.411 e. The Bertz CT molecular complexity index is 1140. The van der Waals surface area contributed by atoms with Crippen LogP contribution in [0.2, 0.25) is 0 Å². The molecule has 2 heterocycles. The molecule has 1 saturated heterocycles. The Morgan fingerprint density at radius 1 is 1.25 bits per heavy atom. The van der Waals surface area contributed by atoms with E-state index in [0.29, 0.717) is 12.2 Å². The van der Waals surface area contributed by atoms with E-state index in [-0.39, 0.29) is 25.5 Å². The van der Waals surface area contributed by atoms with E-state index in [1.807, 2.05) is 30.3 Å². The molecule has 4 atom stereocenters. The summed E-state index contributed by atoms with van der Waals surface area (Å²) in [5, 5.41) is 15.6. The molecule has 36 heavy (non-hydrogen) atoms. The van der Waals surface area contributed by atoms with Crippen molar-refractivity contribution >= 4 is 18.0 Å². The number of benzene rings is 1. The number of likely N-dealkylation sites (tertiary alicyclic amines) is 1. The number of ether oxygens (including phenoxy) is 2. The molecule has 0 bridgehead atoms. The molecular weight excluding hydrogens is 464 g/mol. The lowest BCUT2D eigenvalue weighted by atomic mass is 10.1. The first-order valence-corrected chi connectivity index (χ1v) is 12.0. The monoisotopic (exact) mass is 496 g/mol. The van der Waals surface area contributed by atoms with Crippen molar-refractivity contribution in [3.8, 4) is 11.4 Å². The van der Waals surface area contributed by atoms with Gasteiger partial charge in [0.05, 0.1) is 12.6 Å². The predicted octanol–water partition coefficient (Wildman–Crippen LogP) is 2.51. The topological polar surface area (TPSA) is 129 Å². The molecule has 0 spiro atoms. The van der Waals surface area contributed by atoms with Crippen molar-refractivity contribution in [1.29, 1.82) is 0 Å². The second-order valence-corrected chi connectivity index (χ2v) is 10.1. The molecule has 1 unspecified atom stereocenters. The van der Waals surface area contributed by atoms with Crippen LogP contribution in [0.1, 0.15) is 46.6 Å². The molecule has 0 radical (unpaired) electrons. The molecule has 2 amide bonds. The van der Waals surface area contributed by atoms with Gasteiger partial charge in [-0.05, 0) is 39.3 Å². The van der Waals surface area contributed by atoms with Crippen LogP contribution in [-0.4, -0.2) is 73.4 Å². The van der Waals surface area contributed by atoms with Gasteiger partial charge in [-0.3, -0.25) is 9.69 Å². The van der Waals surface area contributed by atoms with Crippen LogP contribution in [0.5, 0.6) is 0 Å². The lowest BCUT2D eigenvalue weighted by Crippen LogP contribution is -2.53. The highest BCUT2D eigenvalue weighted by Gasteiger charge is 2.62. The Kier molecular flexibility index (Phi) is 6.83. The molecule has 1 aliphatic carbocycles. The van der Waals surface area contributed by atoms with Crippen LogP contribution in [-0.2, 0) is 19.1 Å². The number of esters is 1. The molecule has 192 valence electrons. The second-order valence-electron chi connectivity index (χ2n) is 10.1. The second kappa shape index (κ2) is 9.71. The van der Waals surface area contributed by atoms with Gasteiger partial charge in [-0.1, -0.05) is 36.4 Å². The molecule has 4 rings (SSSR count). The van der Waals surface area contributed by atoms with Crippen molar-refractivity contribution in [2.75, 3.05) is 13.2 Å². The Hall–Kier alpha value is -3.76. The number of nitrogens with one attached hydrogen (secondary N) is 1. The first kappa shape index (κ1) is 25.3. The van der Waals surface area contributed by atoms with Gasteiger partial charge in [0, 0.05) is 24.4 Å². The summed E-state index contributed by atoms with van der Waals surface area (Å²) in [6.07, 6.45) is 1.63. The summed E-state index contributed by atoms with van der Waals surface area (Å²) in [6.45, 7) is 11.1. The van der Waals surface area contributed by atoms with Gasteiger partial charge in [-0.2, -0.15) is 4.80 Å². The normalized spacial score (nSPS) is 25.2. The third-order valence-corrected chi connectivity index (χ3v) is 6.28. The van der Waals surface area contributed by atoms with Gasteiger partial charge >= 0.3 is 12.1 Å². The summed E-state index contributed by atoms with van der Waals surface area (Å²) < 4.78 is 10.8. The first-order valence-electron chi connectivity index (χ1n) is 12.0. The lowest BCUT2D eigenvalue weighted by molar-refractivity contribution is -0.149. The molecule has 1 N–H and O–H groups in total. The molecule has 1 aliphatic heterocycles. The number of aromatic nitrogens is 4. The van der Waals surface area contributed by atoms with E-state index in [1.165, 1.54) is 9.70 Å². The average molecular weight is 497 g/mol. The number of rotatable bonds is 7. The fourth-order valence-corrected chi connectivity index (χ4v) is 4.40. The minimum absolute atomic E-state index is 0.148. The third kappa shape index (κ3) is 5.09. The van der Waals surface area contributed by atoms with E-state index in [2.05, 4.69) is 27.3 Å².